The second kappa shape index (κ2) is 11.3. The minimum absolute atomic E-state index is 0. The third-order valence-electron chi connectivity index (χ3n) is 1.63. The van der Waals surface area contributed by atoms with Gasteiger partial charge in [0.2, 0.25) is 0 Å². The van der Waals surface area contributed by atoms with Crippen LogP contribution in [0, 0.1) is 44.1 Å². The van der Waals surface area contributed by atoms with Gasteiger partial charge in [-0.2, -0.15) is 0 Å². The monoisotopic (exact) mass is 537 g/mol. The van der Waals surface area contributed by atoms with Crippen molar-refractivity contribution in [3.05, 3.63) is 23.3 Å². The number of aliphatic hydroxyl groups is 1. The number of aliphatic hydroxyl groups excluding tert-OH is 1. The van der Waals surface area contributed by atoms with Gasteiger partial charge in [0.05, 0.1) is 6.61 Å². The van der Waals surface area contributed by atoms with Gasteiger partial charge in [-0.15, -0.1) is 0 Å². The Balaban J connectivity index is 0. The zero-order valence-electron chi connectivity index (χ0n) is 8.63. The van der Waals surface area contributed by atoms with Gasteiger partial charge in [0.25, 0.3) is 0 Å². The van der Waals surface area contributed by atoms with E-state index < -0.39 is 0 Å². The molecule has 0 saturated carbocycles. The van der Waals surface area contributed by atoms with E-state index in [1.54, 1.807) is 0 Å². The molecule has 0 aliphatic rings. The number of alkyl halides is 2. The molecule has 0 aliphatic carbocycles. The molecule has 0 aromatic carbocycles. The molecule has 0 rings (SSSR count). The maximum atomic E-state index is 8.66. The van der Waals surface area contributed by atoms with Gasteiger partial charge in [0.1, 0.15) is 0 Å². The topological polar surface area (TPSA) is 20.2 Å². The third-order valence-corrected chi connectivity index (χ3v) is 3.11. The Kier molecular flexibility index (Phi) is 14.7. The van der Waals surface area contributed by atoms with Crippen molar-refractivity contribution in [2.75, 3.05) is 11.9 Å². The summed E-state index contributed by atoms with van der Waals surface area (Å²) >= 11 is 6.97. The van der Waals surface area contributed by atoms with Gasteiger partial charge in [-0.3, -0.25) is 0 Å². The summed E-state index contributed by atoms with van der Waals surface area (Å²) in [5, 5.41) is 9.58. The second-order valence-corrected chi connectivity index (χ2v) is 4.84. The van der Waals surface area contributed by atoms with Crippen molar-refractivity contribution in [1.29, 1.82) is 0 Å². The normalized spacial score (nSPS) is 14.9. The van der Waals surface area contributed by atoms with Crippen LogP contribution in [-0.2, 0) is 0 Å². The van der Waals surface area contributed by atoms with E-state index >= 15 is 0 Å². The third kappa shape index (κ3) is 10.4. The molecule has 0 heterocycles. The van der Waals surface area contributed by atoms with E-state index in [4.69, 9.17) is 5.11 Å². The SMILES string of the molecule is C/C(=C\C(Br)C/C(C)=C/CO)CBr.[Ac]. The van der Waals surface area contributed by atoms with Crippen LogP contribution >= 0.6 is 31.9 Å². The first-order valence-corrected chi connectivity index (χ1v) is 6.27. The number of allylic oxidation sites excluding steroid dienone is 3. The standard InChI is InChI=1S/C10H16Br2O.Ac/c1-8(3-4-13)5-10(12)6-9(2)7-11;/h3,6,10,13H,4-5,7H2,1-2H3;/b8-3+,9-6+;. The average molecular weight is 539 g/mol. The molecule has 1 nitrogen and oxygen atoms in total. The van der Waals surface area contributed by atoms with Crippen LogP contribution in [0.3, 0.4) is 0 Å². The van der Waals surface area contributed by atoms with Crippen LogP contribution in [0.5, 0.6) is 0 Å². The van der Waals surface area contributed by atoms with Gasteiger partial charge in [-0.1, -0.05) is 55.2 Å². The zero-order chi connectivity index (χ0) is 10.3. The predicted octanol–water partition coefficient (Wildman–Crippen LogP) is 3.42. The van der Waals surface area contributed by atoms with Crippen LogP contribution in [0.15, 0.2) is 23.3 Å². The van der Waals surface area contributed by atoms with Crippen LogP contribution < -0.4 is 0 Å². The first-order chi connectivity index (χ1) is 6.10. The summed E-state index contributed by atoms with van der Waals surface area (Å²) in [5.74, 6) is 0. The maximum Gasteiger partial charge on any atom is 0.0614 e. The smallest absolute Gasteiger partial charge is 0.0614 e. The molecule has 1 radical (unpaired) electrons. The molecule has 4 heteroatoms. The van der Waals surface area contributed by atoms with Crippen molar-refractivity contribution < 1.29 is 49.2 Å². The van der Waals surface area contributed by atoms with Crippen LogP contribution in [0.4, 0.5) is 0 Å². The summed E-state index contributed by atoms with van der Waals surface area (Å²) in [6.07, 6.45) is 4.97. The van der Waals surface area contributed by atoms with E-state index in [1.165, 1.54) is 11.1 Å². The Hall–Kier alpha value is 1.84. The van der Waals surface area contributed by atoms with Gasteiger partial charge in [-0.25, -0.2) is 0 Å². The Bertz CT molecular complexity index is 202. The molecular formula is C10H16AcBr2O. The number of halogens is 2. The molecule has 0 aliphatic heterocycles. The summed E-state index contributed by atoms with van der Waals surface area (Å²) in [6.45, 7) is 4.25. The Morgan fingerprint density at radius 2 is 1.93 bits per heavy atom. The van der Waals surface area contributed by atoms with Gasteiger partial charge in [0.15, 0.2) is 0 Å². The molecule has 1 unspecified atom stereocenters. The van der Waals surface area contributed by atoms with Crippen molar-refractivity contribution in [1.82, 2.24) is 0 Å². The molecule has 79 valence electrons. The quantitative estimate of drug-likeness (QED) is 0.420. The molecular weight excluding hydrogens is 523 g/mol. The minimum atomic E-state index is 0. The fourth-order valence-corrected chi connectivity index (χ4v) is 2.11. The van der Waals surface area contributed by atoms with Crippen LogP contribution in [0.1, 0.15) is 20.3 Å². The Morgan fingerprint density at radius 1 is 1.36 bits per heavy atom. The molecule has 0 bridgehead atoms. The van der Waals surface area contributed by atoms with Gasteiger partial charge < -0.3 is 5.11 Å². The molecule has 14 heavy (non-hydrogen) atoms. The zero-order valence-corrected chi connectivity index (χ0v) is 16.6. The van der Waals surface area contributed by atoms with E-state index in [9.17, 15) is 0 Å². The number of hydrogen-bond donors (Lipinski definition) is 1. The molecule has 1 atom stereocenters. The molecule has 0 aromatic rings. The minimum Gasteiger partial charge on any atom is -0.392 e. The van der Waals surface area contributed by atoms with Gasteiger partial charge in [0, 0.05) is 54.2 Å². The van der Waals surface area contributed by atoms with Gasteiger partial charge >= 0.3 is 0 Å². The fraction of sp³-hybridized carbons (Fsp3) is 0.600. The van der Waals surface area contributed by atoms with Crippen molar-refractivity contribution >= 4 is 31.9 Å². The molecule has 0 saturated heterocycles. The second-order valence-electron chi connectivity index (χ2n) is 3.10. The first-order valence-electron chi connectivity index (χ1n) is 4.24. The van der Waals surface area contributed by atoms with Crippen molar-refractivity contribution in [2.45, 2.75) is 25.1 Å². The van der Waals surface area contributed by atoms with Crippen molar-refractivity contribution in [2.24, 2.45) is 0 Å². The number of rotatable bonds is 5. The van der Waals surface area contributed by atoms with Crippen LogP contribution in [0.2, 0.25) is 0 Å². The fourth-order valence-electron chi connectivity index (χ4n) is 0.959. The summed E-state index contributed by atoms with van der Waals surface area (Å²) in [5.41, 5.74) is 2.53. The van der Waals surface area contributed by atoms with Crippen molar-refractivity contribution in [3.8, 4) is 0 Å². The van der Waals surface area contributed by atoms with E-state index in [0.717, 1.165) is 11.8 Å². The van der Waals surface area contributed by atoms with E-state index in [-0.39, 0.29) is 50.7 Å². The van der Waals surface area contributed by atoms with E-state index in [1.807, 2.05) is 13.0 Å². The Labute approximate surface area is 139 Å². The first kappa shape index (κ1) is 18.2. The van der Waals surface area contributed by atoms with E-state index in [0.29, 0.717) is 4.83 Å². The van der Waals surface area contributed by atoms with Crippen LogP contribution in [-0.4, -0.2) is 21.9 Å². The molecule has 1 N–H and O–H groups in total. The van der Waals surface area contributed by atoms with E-state index in [2.05, 4.69) is 44.9 Å². The summed E-state index contributed by atoms with van der Waals surface area (Å²) in [4.78, 5) is 0.368. The number of hydrogen-bond acceptors (Lipinski definition) is 1. The molecule has 0 fully saturated rings. The molecule has 0 spiro atoms. The largest absolute Gasteiger partial charge is 0.392 e. The van der Waals surface area contributed by atoms with Gasteiger partial charge in [-0.05, 0) is 20.3 Å². The summed E-state index contributed by atoms with van der Waals surface area (Å²) in [7, 11) is 0. The predicted molar refractivity (Wildman–Crippen MR) is 65.7 cm³/mol. The molecule has 0 aromatic heterocycles. The summed E-state index contributed by atoms with van der Waals surface area (Å²) < 4.78 is 0. The van der Waals surface area contributed by atoms with Crippen LogP contribution in [0.25, 0.3) is 0 Å². The average Bonchev–Trinajstić information content (AvgIpc) is 2.04. The summed E-state index contributed by atoms with van der Waals surface area (Å²) in [6, 6.07) is 0. The maximum absolute atomic E-state index is 8.66. The molecule has 0 amide bonds. The van der Waals surface area contributed by atoms with Crippen molar-refractivity contribution in [3.63, 3.8) is 0 Å². The Morgan fingerprint density at radius 3 is 2.36 bits per heavy atom.